The van der Waals surface area contributed by atoms with E-state index < -0.39 is 29.9 Å². The van der Waals surface area contributed by atoms with Crippen molar-refractivity contribution in [1.29, 1.82) is 0 Å². The van der Waals surface area contributed by atoms with Gasteiger partial charge in [0.05, 0.1) is 31.4 Å². The second-order valence-corrected chi connectivity index (χ2v) is 7.39. The number of imide groups is 1. The first-order valence-corrected chi connectivity index (χ1v) is 10.1. The van der Waals surface area contributed by atoms with E-state index in [0.717, 1.165) is 4.90 Å². The van der Waals surface area contributed by atoms with Crippen LogP contribution >= 0.6 is 11.6 Å². The summed E-state index contributed by atoms with van der Waals surface area (Å²) >= 11 is 5.90. The molecule has 0 bridgehead atoms. The fourth-order valence-electron chi connectivity index (χ4n) is 3.30. The van der Waals surface area contributed by atoms with Crippen LogP contribution in [-0.2, 0) is 19.1 Å². The number of urea groups is 1. The minimum atomic E-state index is -0.984. The molecule has 0 saturated carbocycles. The largest absolute Gasteiger partial charge is 0.465 e. The lowest BCUT2D eigenvalue weighted by Crippen LogP contribution is -2.39. The van der Waals surface area contributed by atoms with Crippen LogP contribution in [0.2, 0.25) is 5.02 Å². The molecule has 0 unspecified atom stereocenters. The number of benzene rings is 2. The maximum Gasteiger partial charge on any atom is 0.337 e. The molecule has 32 heavy (non-hydrogen) atoms. The Morgan fingerprint density at radius 2 is 1.69 bits per heavy atom. The summed E-state index contributed by atoms with van der Waals surface area (Å²) < 4.78 is 9.69. The molecule has 10 heteroatoms. The molecule has 1 atom stereocenters. The van der Waals surface area contributed by atoms with Crippen LogP contribution < -0.4 is 10.2 Å². The molecule has 2 aromatic rings. The molecular formula is C22H22ClN3O6. The number of carbonyl (C=O) groups excluding carboxylic acids is 4. The van der Waals surface area contributed by atoms with Gasteiger partial charge < -0.3 is 19.7 Å². The molecular weight excluding hydrogens is 438 g/mol. The number of anilines is 2. The van der Waals surface area contributed by atoms with Crippen LogP contribution in [0, 0.1) is 0 Å². The van der Waals surface area contributed by atoms with Crippen LogP contribution in [0.1, 0.15) is 16.8 Å². The van der Waals surface area contributed by atoms with Gasteiger partial charge in [-0.2, -0.15) is 0 Å². The summed E-state index contributed by atoms with van der Waals surface area (Å²) in [6.07, 6.45) is -0.239. The number of esters is 1. The third-order valence-electron chi connectivity index (χ3n) is 4.91. The Kier molecular flexibility index (Phi) is 7.45. The van der Waals surface area contributed by atoms with Gasteiger partial charge in [-0.05, 0) is 48.5 Å². The highest BCUT2D eigenvalue weighted by Crippen LogP contribution is 2.28. The molecule has 1 heterocycles. The van der Waals surface area contributed by atoms with Crippen molar-refractivity contribution in [3.8, 4) is 0 Å². The second kappa shape index (κ2) is 10.3. The van der Waals surface area contributed by atoms with Gasteiger partial charge in [0.1, 0.15) is 6.04 Å². The quantitative estimate of drug-likeness (QED) is 0.480. The average Bonchev–Trinajstić information content (AvgIpc) is 3.01. The Hall–Kier alpha value is -3.43. The summed E-state index contributed by atoms with van der Waals surface area (Å²) in [5.41, 5.74) is 1.15. The van der Waals surface area contributed by atoms with Crippen LogP contribution in [0.15, 0.2) is 48.5 Å². The molecule has 1 N–H and O–H groups in total. The zero-order valence-corrected chi connectivity index (χ0v) is 18.3. The van der Waals surface area contributed by atoms with E-state index in [9.17, 15) is 19.2 Å². The van der Waals surface area contributed by atoms with Gasteiger partial charge in [0.15, 0.2) is 0 Å². The van der Waals surface area contributed by atoms with Crippen molar-refractivity contribution >= 4 is 46.8 Å². The van der Waals surface area contributed by atoms with E-state index >= 15 is 0 Å². The molecule has 0 aromatic heterocycles. The SMILES string of the molecule is COCCN1C(=O)N(c2ccc(Cl)cc2)C(=O)[C@@H]1CC(=O)Nc1ccc(C(=O)OC)cc1. The van der Waals surface area contributed by atoms with E-state index in [4.69, 9.17) is 16.3 Å². The average molecular weight is 460 g/mol. The number of nitrogens with zero attached hydrogens (tertiary/aromatic N) is 2. The Bertz CT molecular complexity index is 1010. The number of amides is 4. The molecule has 0 spiro atoms. The van der Waals surface area contributed by atoms with Gasteiger partial charge in [-0.1, -0.05) is 11.6 Å². The summed E-state index contributed by atoms with van der Waals surface area (Å²) in [7, 11) is 2.76. The lowest BCUT2D eigenvalue weighted by Gasteiger charge is -2.21. The van der Waals surface area contributed by atoms with Crippen molar-refractivity contribution in [2.45, 2.75) is 12.5 Å². The smallest absolute Gasteiger partial charge is 0.337 e. The van der Waals surface area contributed by atoms with Crippen molar-refractivity contribution in [1.82, 2.24) is 4.90 Å². The van der Waals surface area contributed by atoms with Crippen LogP contribution in [0.25, 0.3) is 0 Å². The third-order valence-corrected chi connectivity index (χ3v) is 5.16. The monoisotopic (exact) mass is 459 g/mol. The second-order valence-electron chi connectivity index (χ2n) is 6.96. The number of ether oxygens (including phenoxy) is 2. The van der Waals surface area contributed by atoms with Crippen LogP contribution in [0.5, 0.6) is 0 Å². The molecule has 0 aliphatic carbocycles. The van der Waals surface area contributed by atoms with Crippen molar-refractivity contribution in [2.75, 3.05) is 37.6 Å². The first-order valence-electron chi connectivity index (χ1n) is 9.73. The standard InChI is InChI=1S/C22H22ClN3O6/c1-31-12-11-25-18(20(28)26(22(25)30)17-9-5-15(23)6-10-17)13-19(27)24-16-7-3-14(4-8-16)21(29)32-2/h3-10,18H,11-13H2,1-2H3,(H,24,27)/t18-/m0/s1. The summed E-state index contributed by atoms with van der Waals surface area (Å²) in [5.74, 6) is -1.46. The van der Waals surface area contributed by atoms with Crippen molar-refractivity contribution in [3.63, 3.8) is 0 Å². The molecule has 9 nitrogen and oxygen atoms in total. The highest BCUT2D eigenvalue weighted by atomic mass is 35.5. The topological polar surface area (TPSA) is 105 Å². The van der Waals surface area contributed by atoms with Gasteiger partial charge in [-0.25, -0.2) is 14.5 Å². The zero-order valence-electron chi connectivity index (χ0n) is 17.5. The summed E-state index contributed by atoms with van der Waals surface area (Å²) in [6, 6.07) is 10.9. The van der Waals surface area contributed by atoms with Gasteiger partial charge in [-0.3, -0.25) is 9.59 Å². The molecule has 4 amide bonds. The Morgan fingerprint density at radius 1 is 1.03 bits per heavy atom. The first kappa shape index (κ1) is 23.2. The predicted molar refractivity (Wildman–Crippen MR) is 118 cm³/mol. The van der Waals surface area contributed by atoms with E-state index in [-0.39, 0.29) is 19.6 Å². The molecule has 3 rings (SSSR count). The normalized spacial score (nSPS) is 15.8. The first-order chi connectivity index (χ1) is 15.3. The van der Waals surface area contributed by atoms with Gasteiger partial charge >= 0.3 is 12.0 Å². The lowest BCUT2D eigenvalue weighted by molar-refractivity contribution is -0.124. The Balaban J connectivity index is 1.75. The van der Waals surface area contributed by atoms with E-state index in [1.54, 1.807) is 36.4 Å². The van der Waals surface area contributed by atoms with Gasteiger partial charge in [0.2, 0.25) is 5.91 Å². The van der Waals surface area contributed by atoms with E-state index in [2.05, 4.69) is 10.1 Å². The molecule has 1 fully saturated rings. The Morgan fingerprint density at radius 3 is 2.28 bits per heavy atom. The maximum atomic E-state index is 13.1. The van der Waals surface area contributed by atoms with Gasteiger partial charge in [0, 0.05) is 24.4 Å². The van der Waals surface area contributed by atoms with Gasteiger partial charge in [0.25, 0.3) is 5.91 Å². The maximum absolute atomic E-state index is 13.1. The highest BCUT2D eigenvalue weighted by molar-refractivity contribution is 6.30. The molecule has 168 valence electrons. The number of nitrogens with one attached hydrogen (secondary N) is 1. The van der Waals surface area contributed by atoms with Crippen LogP contribution in [-0.4, -0.2) is 62.1 Å². The minimum Gasteiger partial charge on any atom is -0.465 e. The predicted octanol–water partition coefficient (Wildman–Crippen LogP) is 2.94. The number of rotatable bonds is 8. The minimum absolute atomic E-state index is 0.150. The number of halogens is 1. The van der Waals surface area contributed by atoms with E-state index in [0.29, 0.717) is 22.0 Å². The van der Waals surface area contributed by atoms with Crippen molar-refractivity contribution in [2.24, 2.45) is 0 Å². The molecule has 1 aliphatic rings. The van der Waals surface area contributed by atoms with Crippen molar-refractivity contribution < 1.29 is 28.7 Å². The lowest BCUT2D eigenvalue weighted by atomic mass is 10.1. The fraction of sp³-hybridized carbons (Fsp3) is 0.273. The summed E-state index contributed by atoms with van der Waals surface area (Å²) in [4.78, 5) is 52.6. The highest BCUT2D eigenvalue weighted by Gasteiger charge is 2.46. The fourth-order valence-corrected chi connectivity index (χ4v) is 3.43. The van der Waals surface area contributed by atoms with Crippen LogP contribution in [0.3, 0.4) is 0 Å². The number of hydrogen-bond acceptors (Lipinski definition) is 6. The zero-order chi connectivity index (χ0) is 23.3. The summed E-state index contributed by atoms with van der Waals surface area (Å²) in [5, 5.41) is 3.15. The number of methoxy groups -OCH3 is 2. The number of carbonyl (C=O) groups is 4. The van der Waals surface area contributed by atoms with Crippen molar-refractivity contribution in [3.05, 3.63) is 59.1 Å². The van der Waals surface area contributed by atoms with Gasteiger partial charge in [-0.15, -0.1) is 0 Å². The summed E-state index contributed by atoms with van der Waals surface area (Å²) in [6.45, 7) is 0.359. The Labute approximate surface area is 189 Å². The third kappa shape index (κ3) is 5.06. The van der Waals surface area contributed by atoms with E-state index in [1.165, 1.54) is 31.3 Å². The molecule has 1 saturated heterocycles. The molecule has 1 aliphatic heterocycles. The van der Waals surface area contributed by atoms with Crippen LogP contribution in [0.4, 0.5) is 16.2 Å². The number of hydrogen-bond donors (Lipinski definition) is 1. The molecule has 0 radical (unpaired) electrons. The van der Waals surface area contributed by atoms with E-state index in [1.807, 2.05) is 0 Å². The molecule has 2 aromatic carbocycles.